The summed E-state index contributed by atoms with van der Waals surface area (Å²) in [4.78, 5) is 2.46. The maximum atomic E-state index is 13.2. The Balaban J connectivity index is 0.00000181. The number of rotatable bonds is 9. The second-order valence-electron chi connectivity index (χ2n) is 7.66. The summed E-state index contributed by atoms with van der Waals surface area (Å²) < 4.78 is 24.7. The minimum atomic E-state index is -0.230. The highest BCUT2D eigenvalue weighted by Crippen LogP contribution is 2.28. The molecule has 0 aromatic heterocycles. The van der Waals surface area contributed by atoms with Crippen LogP contribution in [-0.4, -0.2) is 44.3 Å². The number of morpholine rings is 1. The van der Waals surface area contributed by atoms with E-state index in [-0.39, 0.29) is 30.6 Å². The number of nitrogens with one attached hydrogen (secondary N) is 1. The molecule has 0 atom stereocenters. The summed E-state index contributed by atoms with van der Waals surface area (Å²) in [7, 11) is 0. The molecule has 3 aromatic carbocycles. The zero-order valence-corrected chi connectivity index (χ0v) is 19.7. The Morgan fingerprint density at radius 3 is 2.47 bits per heavy atom. The molecule has 3 aromatic rings. The van der Waals surface area contributed by atoms with E-state index in [2.05, 4.69) is 40.5 Å². The predicted octanol–water partition coefficient (Wildman–Crippen LogP) is 5.21. The smallest absolute Gasteiger partial charge is 0.124 e. The molecule has 4 nitrogen and oxygen atoms in total. The van der Waals surface area contributed by atoms with Crippen LogP contribution >= 0.6 is 24.8 Å². The number of ether oxygens (including phenoxy) is 2. The SMILES string of the molecule is Cl.Cl.Fc1ccc(COc2ccc3ccccc3c2CNCCCN2CCOCC2)cc1. The molecule has 0 aliphatic carbocycles. The first-order valence-electron chi connectivity index (χ1n) is 10.7. The van der Waals surface area contributed by atoms with Crippen LogP contribution in [0.2, 0.25) is 0 Å². The Morgan fingerprint density at radius 2 is 1.69 bits per heavy atom. The maximum Gasteiger partial charge on any atom is 0.124 e. The zero-order chi connectivity index (χ0) is 20.6. The molecule has 0 amide bonds. The molecule has 7 heteroatoms. The van der Waals surface area contributed by atoms with Crippen molar-refractivity contribution in [2.75, 3.05) is 39.4 Å². The van der Waals surface area contributed by atoms with Gasteiger partial charge in [0.1, 0.15) is 18.2 Å². The van der Waals surface area contributed by atoms with E-state index in [9.17, 15) is 4.39 Å². The van der Waals surface area contributed by atoms with Gasteiger partial charge in [0, 0.05) is 25.2 Å². The van der Waals surface area contributed by atoms with Gasteiger partial charge < -0.3 is 14.8 Å². The molecular weight excluding hydrogens is 450 g/mol. The molecule has 0 bridgehead atoms. The topological polar surface area (TPSA) is 33.7 Å². The van der Waals surface area contributed by atoms with Gasteiger partial charge in [-0.1, -0.05) is 42.5 Å². The first-order chi connectivity index (χ1) is 14.8. The van der Waals surface area contributed by atoms with E-state index in [1.807, 2.05) is 6.07 Å². The van der Waals surface area contributed by atoms with E-state index in [0.717, 1.165) is 63.7 Å². The summed E-state index contributed by atoms with van der Waals surface area (Å²) in [6.07, 6.45) is 1.11. The van der Waals surface area contributed by atoms with E-state index in [1.54, 1.807) is 12.1 Å². The van der Waals surface area contributed by atoms with Crippen LogP contribution < -0.4 is 10.1 Å². The van der Waals surface area contributed by atoms with Crippen LogP contribution in [0.25, 0.3) is 10.8 Å². The molecule has 32 heavy (non-hydrogen) atoms. The Labute approximate surface area is 201 Å². The molecular formula is C25H31Cl2FN2O2. The molecule has 0 unspecified atom stereocenters. The molecule has 1 aliphatic heterocycles. The average molecular weight is 481 g/mol. The van der Waals surface area contributed by atoms with Crippen molar-refractivity contribution in [2.24, 2.45) is 0 Å². The van der Waals surface area contributed by atoms with Gasteiger partial charge in [0.05, 0.1) is 13.2 Å². The molecule has 1 N–H and O–H groups in total. The first-order valence-corrected chi connectivity index (χ1v) is 10.7. The van der Waals surface area contributed by atoms with Gasteiger partial charge in [-0.3, -0.25) is 4.90 Å². The van der Waals surface area contributed by atoms with Gasteiger partial charge in [0.15, 0.2) is 0 Å². The van der Waals surface area contributed by atoms with Gasteiger partial charge in [0.25, 0.3) is 0 Å². The van der Waals surface area contributed by atoms with E-state index in [4.69, 9.17) is 9.47 Å². The van der Waals surface area contributed by atoms with Crippen LogP contribution in [0.5, 0.6) is 5.75 Å². The first kappa shape index (κ1) is 26.4. The van der Waals surface area contributed by atoms with Crippen molar-refractivity contribution in [3.05, 3.63) is 77.6 Å². The molecule has 4 rings (SSSR count). The second kappa shape index (κ2) is 13.6. The molecule has 1 aliphatic rings. The number of hydrogen-bond donors (Lipinski definition) is 1. The van der Waals surface area contributed by atoms with Gasteiger partial charge in [0.2, 0.25) is 0 Å². The summed E-state index contributed by atoms with van der Waals surface area (Å²) in [6.45, 7) is 6.98. The van der Waals surface area contributed by atoms with Crippen LogP contribution in [0.4, 0.5) is 4.39 Å². The van der Waals surface area contributed by atoms with Crippen LogP contribution in [0, 0.1) is 5.82 Å². The lowest BCUT2D eigenvalue weighted by Crippen LogP contribution is -2.37. The molecule has 1 heterocycles. The second-order valence-corrected chi connectivity index (χ2v) is 7.66. The van der Waals surface area contributed by atoms with Crippen molar-refractivity contribution in [1.29, 1.82) is 0 Å². The Bertz CT molecular complexity index is 950. The largest absolute Gasteiger partial charge is 0.489 e. The molecule has 0 spiro atoms. The standard InChI is InChI=1S/C25H29FN2O2.2ClH/c26-22-9-6-20(7-10-22)19-30-25-11-8-21-4-1-2-5-23(21)24(25)18-27-12-3-13-28-14-16-29-17-15-28;;/h1-2,4-11,27H,3,12-19H2;2*1H. The summed E-state index contributed by atoms with van der Waals surface area (Å²) in [6, 6.07) is 19.0. The fourth-order valence-corrected chi connectivity index (χ4v) is 3.84. The molecule has 174 valence electrons. The summed E-state index contributed by atoms with van der Waals surface area (Å²) >= 11 is 0. The normalized spacial score (nSPS) is 13.9. The highest BCUT2D eigenvalue weighted by atomic mass is 35.5. The highest BCUT2D eigenvalue weighted by molar-refractivity contribution is 5.87. The third-order valence-corrected chi connectivity index (χ3v) is 5.54. The predicted molar refractivity (Wildman–Crippen MR) is 133 cm³/mol. The zero-order valence-electron chi connectivity index (χ0n) is 18.1. The van der Waals surface area contributed by atoms with Gasteiger partial charge in [-0.2, -0.15) is 0 Å². The highest BCUT2D eigenvalue weighted by Gasteiger charge is 2.11. The lowest BCUT2D eigenvalue weighted by molar-refractivity contribution is 0.0374. The van der Waals surface area contributed by atoms with Gasteiger partial charge >= 0.3 is 0 Å². The van der Waals surface area contributed by atoms with Crippen molar-refractivity contribution in [2.45, 2.75) is 19.6 Å². The Morgan fingerprint density at radius 1 is 0.938 bits per heavy atom. The Hall–Kier alpha value is -1.89. The average Bonchev–Trinajstić information content (AvgIpc) is 2.79. The third kappa shape index (κ3) is 7.32. The van der Waals surface area contributed by atoms with Crippen molar-refractivity contribution in [3.8, 4) is 5.75 Å². The number of nitrogens with zero attached hydrogens (tertiary/aromatic N) is 1. The van der Waals surface area contributed by atoms with E-state index < -0.39 is 0 Å². The third-order valence-electron chi connectivity index (χ3n) is 5.54. The van der Waals surface area contributed by atoms with Crippen LogP contribution in [0.15, 0.2) is 60.7 Å². The number of fused-ring (bicyclic) bond motifs is 1. The Kier molecular flexibility index (Phi) is 11.2. The number of hydrogen-bond acceptors (Lipinski definition) is 4. The lowest BCUT2D eigenvalue weighted by atomic mass is 10.0. The molecule has 1 saturated heterocycles. The fraction of sp³-hybridized carbons (Fsp3) is 0.360. The molecule has 0 radical (unpaired) electrons. The van der Waals surface area contributed by atoms with E-state index in [0.29, 0.717) is 6.61 Å². The molecule has 0 saturated carbocycles. The van der Waals surface area contributed by atoms with E-state index >= 15 is 0 Å². The lowest BCUT2D eigenvalue weighted by Gasteiger charge is -2.26. The van der Waals surface area contributed by atoms with E-state index in [1.165, 1.54) is 28.5 Å². The summed E-state index contributed by atoms with van der Waals surface area (Å²) in [5.74, 6) is 0.644. The van der Waals surface area contributed by atoms with Crippen LogP contribution in [0.3, 0.4) is 0 Å². The molecule has 1 fully saturated rings. The number of benzene rings is 3. The minimum Gasteiger partial charge on any atom is -0.489 e. The van der Waals surface area contributed by atoms with Crippen molar-refractivity contribution in [3.63, 3.8) is 0 Å². The summed E-state index contributed by atoms with van der Waals surface area (Å²) in [5, 5.41) is 6.00. The van der Waals surface area contributed by atoms with Crippen LogP contribution in [-0.2, 0) is 17.9 Å². The van der Waals surface area contributed by atoms with Crippen LogP contribution in [0.1, 0.15) is 17.5 Å². The number of halogens is 3. The monoisotopic (exact) mass is 480 g/mol. The minimum absolute atomic E-state index is 0. The maximum absolute atomic E-state index is 13.2. The quantitative estimate of drug-likeness (QED) is 0.426. The van der Waals surface area contributed by atoms with Crippen molar-refractivity contribution in [1.82, 2.24) is 10.2 Å². The van der Waals surface area contributed by atoms with Gasteiger partial charge in [-0.05, 0) is 54.0 Å². The van der Waals surface area contributed by atoms with Gasteiger partial charge in [-0.15, -0.1) is 24.8 Å². The van der Waals surface area contributed by atoms with Crippen molar-refractivity contribution >= 4 is 35.6 Å². The fourth-order valence-electron chi connectivity index (χ4n) is 3.84. The van der Waals surface area contributed by atoms with Crippen molar-refractivity contribution < 1.29 is 13.9 Å². The summed E-state index contributed by atoms with van der Waals surface area (Å²) in [5.41, 5.74) is 2.12. The van der Waals surface area contributed by atoms with Gasteiger partial charge in [-0.25, -0.2) is 4.39 Å².